The number of aliphatic hydroxyl groups excluding tert-OH is 1. The first kappa shape index (κ1) is 24.8. The minimum absolute atomic E-state index is 0.0145. The average molecular weight is 478 g/mol. The van der Waals surface area contributed by atoms with Gasteiger partial charge in [0.15, 0.2) is 0 Å². The average Bonchev–Trinajstić information content (AvgIpc) is 2.83. The summed E-state index contributed by atoms with van der Waals surface area (Å²) in [6.07, 6.45) is 0.283. The van der Waals surface area contributed by atoms with Crippen LogP contribution in [0, 0.1) is 11.7 Å². The van der Waals surface area contributed by atoms with Crippen molar-refractivity contribution in [3.8, 4) is 0 Å². The number of hydrogen-bond donors (Lipinski definition) is 3. The van der Waals surface area contributed by atoms with Gasteiger partial charge < -0.3 is 15.7 Å². The van der Waals surface area contributed by atoms with Gasteiger partial charge in [-0.25, -0.2) is 12.8 Å². The minimum Gasteiger partial charge on any atom is -0.387 e. The van der Waals surface area contributed by atoms with Crippen LogP contribution in [0.2, 0.25) is 0 Å². The minimum atomic E-state index is -3.82. The summed E-state index contributed by atoms with van der Waals surface area (Å²) in [5.41, 5.74) is 0.698. The fraction of sp³-hybridized carbons (Fsp3) is 0.391. The van der Waals surface area contributed by atoms with Crippen LogP contribution in [0.1, 0.15) is 30.9 Å². The van der Waals surface area contributed by atoms with Crippen molar-refractivity contribution in [3.05, 3.63) is 66.0 Å². The lowest BCUT2D eigenvalue weighted by Gasteiger charge is -2.31. The number of nitrogens with one attached hydrogen (secondary N) is 2. The number of benzene rings is 2. The predicted octanol–water partition coefficient (Wildman–Crippen LogP) is 1.58. The molecule has 0 saturated carbocycles. The van der Waals surface area contributed by atoms with E-state index in [9.17, 15) is 27.5 Å². The van der Waals surface area contributed by atoms with Gasteiger partial charge in [0.25, 0.3) is 0 Å². The van der Waals surface area contributed by atoms with E-state index in [1.165, 1.54) is 16.4 Å². The second kappa shape index (κ2) is 11.4. The first-order valence-corrected chi connectivity index (χ1v) is 12.2. The van der Waals surface area contributed by atoms with E-state index >= 15 is 0 Å². The van der Waals surface area contributed by atoms with Crippen LogP contribution in [0.15, 0.2) is 59.5 Å². The maximum Gasteiger partial charge on any atom is 0.243 e. The molecular formula is C23H28FN3O5S. The van der Waals surface area contributed by atoms with E-state index in [4.69, 9.17) is 0 Å². The summed E-state index contributed by atoms with van der Waals surface area (Å²) < 4.78 is 40.0. The lowest BCUT2D eigenvalue weighted by molar-refractivity contribution is -0.126. The van der Waals surface area contributed by atoms with Gasteiger partial charge in [-0.1, -0.05) is 30.3 Å². The summed E-state index contributed by atoms with van der Waals surface area (Å²) in [6.45, 7) is 0.486. The molecule has 3 rings (SSSR count). The lowest BCUT2D eigenvalue weighted by Crippen LogP contribution is -2.45. The van der Waals surface area contributed by atoms with Crippen LogP contribution in [-0.2, 0) is 19.6 Å². The molecule has 2 amide bonds. The summed E-state index contributed by atoms with van der Waals surface area (Å²) >= 11 is 0. The number of aliphatic hydroxyl groups is 1. The Kier molecular flexibility index (Phi) is 8.54. The Hall–Kier alpha value is -2.82. The number of nitrogens with zero attached hydrogens (tertiary/aromatic N) is 1. The van der Waals surface area contributed by atoms with E-state index in [1.807, 2.05) is 6.07 Å². The van der Waals surface area contributed by atoms with Gasteiger partial charge in [-0.05, 0) is 42.7 Å². The normalized spacial score (nSPS) is 17.8. The Balaban J connectivity index is 1.43. The van der Waals surface area contributed by atoms with Gasteiger partial charge >= 0.3 is 0 Å². The number of halogens is 1. The first-order chi connectivity index (χ1) is 15.8. The quantitative estimate of drug-likeness (QED) is 0.507. The molecule has 0 unspecified atom stereocenters. The fourth-order valence-electron chi connectivity index (χ4n) is 3.67. The zero-order valence-electron chi connectivity index (χ0n) is 18.1. The smallest absolute Gasteiger partial charge is 0.243 e. The molecule has 1 aliphatic rings. The van der Waals surface area contributed by atoms with E-state index < -0.39 is 27.9 Å². The Morgan fingerprint density at radius 1 is 1.09 bits per heavy atom. The van der Waals surface area contributed by atoms with Gasteiger partial charge in [-0.2, -0.15) is 4.31 Å². The zero-order valence-corrected chi connectivity index (χ0v) is 18.9. The van der Waals surface area contributed by atoms with E-state index in [0.717, 1.165) is 12.1 Å². The first-order valence-electron chi connectivity index (χ1n) is 10.8. The molecule has 10 heteroatoms. The molecule has 1 saturated heterocycles. The van der Waals surface area contributed by atoms with Gasteiger partial charge in [-0.3, -0.25) is 9.59 Å². The van der Waals surface area contributed by atoms with Crippen LogP contribution >= 0.6 is 0 Å². The molecule has 0 spiro atoms. The van der Waals surface area contributed by atoms with Gasteiger partial charge in [0.05, 0.1) is 16.9 Å². The molecular weight excluding hydrogens is 449 g/mol. The van der Waals surface area contributed by atoms with Crippen molar-refractivity contribution in [2.45, 2.75) is 30.3 Å². The molecule has 0 aromatic heterocycles. The Morgan fingerprint density at radius 2 is 1.79 bits per heavy atom. The van der Waals surface area contributed by atoms with E-state index in [2.05, 4.69) is 10.6 Å². The standard InChI is InChI=1S/C23H28FN3O5S/c24-19-8-10-20(11-9-19)33(31,32)27-14-4-7-18(16-27)23(30)25-13-12-22(29)26-15-21(28)17-5-2-1-3-6-17/h1-3,5-6,8-11,18,21,28H,4,7,12-16H2,(H,25,30)(H,26,29)/t18-,21-/m0/s1. The number of piperidine rings is 1. The van der Waals surface area contributed by atoms with E-state index in [-0.39, 0.29) is 49.3 Å². The number of rotatable bonds is 9. The maximum absolute atomic E-state index is 13.1. The molecule has 0 bridgehead atoms. The fourth-order valence-corrected chi connectivity index (χ4v) is 5.19. The molecule has 2 aromatic rings. The summed E-state index contributed by atoms with van der Waals surface area (Å²) in [5.74, 6) is -1.68. The molecule has 1 aliphatic heterocycles. The highest BCUT2D eigenvalue weighted by Crippen LogP contribution is 2.24. The third kappa shape index (κ3) is 6.83. The number of hydrogen-bond acceptors (Lipinski definition) is 5. The number of carbonyl (C=O) groups excluding carboxylic acids is 2. The van der Waals surface area contributed by atoms with Crippen molar-refractivity contribution in [3.63, 3.8) is 0 Å². The van der Waals surface area contributed by atoms with E-state index in [0.29, 0.717) is 18.4 Å². The van der Waals surface area contributed by atoms with Crippen LogP contribution in [0.25, 0.3) is 0 Å². The summed E-state index contributed by atoms with van der Waals surface area (Å²) in [4.78, 5) is 24.5. The largest absolute Gasteiger partial charge is 0.387 e. The summed E-state index contributed by atoms with van der Waals surface area (Å²) in [5, 5.41) is 15.4. The second-order valence-electron chi connectivity index (χ2n) is 7.93. The third-order valence-corrected chi connectivity index (χ3v) is 7.41. The van der Waals surface area contributed by atoms with Crippen LogP contribution in [0.4, 0.5) is 4.39 Å². The SMILES string of the molecule is O=C(CCNC(=O)[C@H]1CCCN(S(=O)(=O)c2ccc(F)cc2)C1)NC[C@H](O)c1ccccc1. The van der Waals surface area contributed by atoms with Crippen molar-refractivity contribution in [1.82, 2.24) is 14.9 Å². The number of carbonyl (C=O) groups is 2. The van der Waals surface area contributed by atoms with Gasteiger partial charge in [-0.15, -0.1) is 0 Å². The zero-order chi connectivity index (χ0) is 23.8. The molecule has 0 aliphatic carbocycles. The molecule has 0 radical (unpaired) electrons. The van der Waals surface area contributed by atoms with Crippen molar-refractivity contribution in [1.29, 1.82) is 0 Å². The highest BCUT2D eigenvalue weighted by molar-refractivity contribution is 7.89. The Bertz CT molecular complexity index is 1050. The molecule has 3 N–H and O–H groups in total. The lowest BCUT2D eigenvalue weighted by atomic mass is 9.99. The molecule has 2 aromatic carbocycles. The highest BCUT2D eigenvalue weighted by Gasteiger charge is 2.33. The molecule has 1 fully saturated rings. The molecule has 2 atom stereocenters. The van der Waals surface area contributed by atoms with Crippen LogP contribution < -0.4 is 10.6 Å². The Labute approximate surface area is 192 Å². The second-order valence-corrected chi connectivity index (χ2v) is 9.87. The van der Waals surface area contributed by atoms with Crippen LogP contribution in [-0.4, -0.2) is 55.8 Å². The Morgan fingerprint density at radius 3 is 2.48 bits per heavy atom. The molecule has 33 heavy (non-hydrogen) atoms. The van der Waals surface area contributed by atoms with E-state index in [1.54, 1.807) is 24.3 Å². The maximum atomic E-state index is 13.1. The topological polar surface area (TPSA) is 116 Å². The third-order valence-electron chi connectivity index (χ3n) is 5.53. The van der Waals surface area contributed by atoms with Gasteiger partial charge in [0, 0.05) is 32.6 Å². The summed E-state index contributed by atoms with van der Waals surface area (Å²) in [6, 6.07) is 13.6. The number of amides is 2. The number of sulfonamides is 1. The molecule has 8 nitrogen and oxygen atoms in total. The van der Waals surface area contributed by atoms with Crippen LogP contribution in [0.5, 0.6) is 0 Å². The van der Waals surface area contributed by atoms with Gasteiger partial charge in [0.1, 0.15) is 5.82 Å². The molecule has 1 heterocycles. The van der Waals surface area contributed by atoms with Crippen molar-refractivity contribution in [2.24, 2.45) is 5.92 Å². The van der Waals surface area contributed by atoms with Crippen molar-refractivity contribution in [2.75, 3.05) is 26.2 Å². The molecule has 178 valence electrons. The van der Waals surface area contributed by atoms with Crippen LogP contribution in [0.3, 0.4) is 0 Å². The van der Waals surface area contributed by atoms with Crippen molar-refractivity contribution >= 4 is 21.8 Å². The van der Waals surface area contributed by atoms with Crippen molar-refractivity contribution < 1.29 is 27.5 Å². The monoisotopic (exact) mass is 477 g/mol. The van der Waals surface area contributed by atoms with Gasteiger partial charge in [0.2, 0.25) is 21.8 Å². The predicted molar refractivity (Wildman–Crippen MR) is 120 cm³/mol. The summed E-state index contributed by atoms with van der Waals surface area (Å²) in [7, 11) is -3.82. The highest BCUT2D eigenvalue weighted by atomic mass is 32.2.